The van der Waals surface area contributed by atoms with Crippen molar-refractivity contribution in [3.05, 3.63) is 47.6 Å². The van der Waals surface area contributed by atoms with E-state index in [1.54, 1.807) is 40.9 Å². The van der Waals surface area contributed by atoms with Crippen LogP contribution in [0.25, 0.3) is 0 Å². The van der Waals surface area contributed by atoms with Gasteiger partial charge in [-0.25, -0.2) is 14.3 Å². The van der Waals surface area contributed by atoms with E-state index in [1.165, 1.54) is 14.2 Å². The Bertz CT molecular complexity index is 2320. The average Bonchev–Trinajstić information content (AvgIpc) is 3.86. The Kier molecular flexibility index (Phi) is 24.4. The number of ether oxygens (including phenoxy) is 7. The third-order valence-corrected chi connectivity index (χ3v) is 17.3. The Morgan fingerprint density at radius 2 is 1.60 bits per heavy atom. The molecule has 1 saturated carbocycles. The fraction of sp³-hybridized carbons (Fsp3) is 0.750. The summed E-state index contributed by atoms with van der Waals surface area (Å²) in [7, 11) is -0.0947. The van der Waals surface area contributed by atoms with E-state index in [-0.39, 0.29) is 68.8 Å². The molecule has 4 fully saturated rings. The Balaban J connectivity index is 1.41. The third kappa shape index (κ3) is 17.4. The molecule has 4 heterocycles. The van der Waals surface area contributed by atoms with Crippen molar-refractivity contribution in [1.82, 2.24) is 14.3 Å². The van der Waals surface area contributed by atoms with Gasteiger partial charge in [-0.1, -0.05) is 71.1 Å². The highest BCUT2D eigenvalue weighted by Gasteiger charge is 2.53. The van der Waals surface area contributed by atoms with Crippen LogP contribution in [0.4, 0.5) is 4.79 Å². The first-order chi connectivity index (χ1) is 36.8. The maximum Gasteiger partial charge on any atom is 0.422 e. The van der Waals surface area contributed by atoms with E-state index in [0.717, 1.165) is 10.5 Å². The van der Waals surface area contributed by atoms with Crippen LogP contribution in [0.15, 0.2) is 47.6 Å². The predicted molar refractivity (Wildman–Crippen MR) is 285 cm³/mol. The van der Waals surface area contributed by atoms with Crippen LogP contribution in [0.2, 0.25) is 0 Å². The number of rotatable bonds is 10. The number of cyclic esters (lactones) is 1. The molecule has 0 spiro atoms. The summed E-state index contributed by atoms with van der Waals surface area (Å²) in [6, 6.07) is -2.19. The van der Waals surface area contributed by atoms with Crippen molar-refractivity contribution in [3.63, 3.8) is 0 Å². The Labute approximate surface area is 460 Å². The predicted octanol–water partition coefficient (Wildman–Crippen LogP) is 4.51. The van der Waals surface area contributed by atoms with Crippen molar-refractivity contribution in [1.29, 1.82) is 0 Å². The number of fused-ring (bicyclic) bond motifs is 3. The lowest BCUT2D eigenvalue weighted by molar-refractivity contribution is -0.265. The number of carbonyl (C=O) groups is 6. The fourth-order valence-electron chi connectivity index (χ4n) is 11.4. The third-order valence-electron chi connectivity index (χ3n) is 16.3. The van der Waals surface area contributed by atoms with Gasteiger partial charge in [0.2, 0.25) is 5.79 Å². The van der Waals surface area contributed by atoms with Gasteiger partial charge in [0.25, 0.3) is 11.7 Å². The van der Waals surface area contributed by atoms with Crippen molar-refractivity contribution < 1.29 is 85.7 Å². The molecule has 21 nitrogen and oxygen atoms in total. The van der Waals surface area contributed by atoms with E-state index >= 15 is 0 Å². The van der Waals surface area contributed by atoms with Gasteiger partial charge in [-0.05, 0) is 107 Å². The maximum atomic E-state index is 14.6. The van der Waals surface area contributed by atoms with Crippen LogP contribution in [0, 0.1) is 35.5 Å². The van der Waals surface area contributed by atoms with Crippen molar-refractivity contribution in [2.24, 2.45) is 35.5 Å². The molecule has 0 radical (unpaired) electrons. The molecule has 2 bridgehead atoms. The number of Topliss-reactive ketones (excluding diaryl/α,β-unsaturated/α-hetero) is 3. The smallest absolute Gasteiger partial charge is 0.422 e. The second-order valence-corrected chi connectivity index (χ2v) is 23.8. The molecule has 0 unspecified atom stereocenters. The second kappa shape index (κ2) is 29.5. The second-order valence-electron chi connectivity index (χ2n) is 22.4. The van der Waals surface area contributed by atoms with Crippen LogP contribution < -0.4 is 9.44 Å². The molecule has 0 aromatic carbocycles. The molecule has 440 valence electrons. The van der Waals surface area contributed by atoms with E-state index in [0.29, 0.717) is 56.9 Å². The molecule has 78 heavy (non-hydrogen) atoms. The molecule has 4 aliphatic heterocycles. The lowest BCUT2D eigenvalue weighted by Gasteiger charge is -2.42. The first-order valence-electron chi connectivity index (χ1n) is 27.6. The van der Waals surface area contributed by atoms with Crippen LogP contribution in [0.1, 0.15) is 126 Å². The van der Waals surface area contributed by atoms with Crippen molar-refractivity contribution >= 4 is 45.5 Å². The maximum absolute atomic E-state index is 14.6. The van der Waals surface area contributed by atoms with E-state index in [2.05, 4.69) is 4.72 Å². The zero-order valence-corrected chi connectivity index (χ0v) is 47.9. The molecule has 0 aromatic rings. The van der Waals surface area contributed by atoms with Gasteiger partial charge in [-0.2, -0.15) is 13.1 Å². The number of aliphatic hydroxyl groups is 3. The minimum Gasteiger partial charge on any atom is -0.460 e. The molecule has 5 aliphatic rings. The number of nitrogens with one attached hydrogen (secondary N) is 2. The molecule has 17 atom stereocenters. The van der Waals surface area contributed by atoms with Crippen LogP contribution in [-0.4, -0.2) is 172 Å². The van der Waals surface area contributed by atoms with Gasteiger partial charge in [0, 0.05) is 58.5 Å². The van der Waals surface area contributed by atoms with E-state index in [4.69, 9.17) is 33.2 Å². The molecule has 22 heteroatoms. The van der Waals surface area contributed by atoms with Crippen LogP contribution >= 0.6 is 0 Å². The summed E-state index contributed by atoms with van der Waals surface area (Å²) >= 11 is 0. The summed E-state index contributed by atoms with van der Waals surface area (Å²) in [4.78, 5) is 85.4. The summed E-state index contributed by atoms with van der Waals surface area (Å²) in [5, 5.41) is 33.5. The van der Waals surface area contributed by atoms with Crippen LogP contribution in [0.3, 0.4) is 0 Å². The fourth-order valence-corrected chi connectivity index (χ4v) is 12.3. The molecular formula is C56H87N3O18S. The summed E-state index contributed by atoms with van der Waals surface area (Å²) in [5.41, 5.74) is 1.17. The number of hydrogen-bond acceptors (Lipinski definition) is 18. The number of hydrogen-bond donors (Lipinski definition) is 5. The lowest BCUT2D eigenvalue weighted by atomic mass is 9.78. The number of ketones is 3. The molecule has 3 saturated heterocycles. The molecule has 1 aliphatic carbocycles. The monoisotopic (exact) mass is 1120 g/mol. The molecule has 2 amide bonds. The van der Waals surface area contributed by atoms with Crippen LogP contribution in [0.5, 0.6) is 0 Å². The number of amides is 2. The van der Waals surface area contributed by atoms with Gasteiger partial charge in [0.05, 0.1) is 43.7 Å². The van der Waals surface area contributed by atoms with Gasteiger partial charge < -0.3 is 53.4 Å². The molecule has 5 rings (SSSR count). The van der Waals surface area contributed by atoms with E-state index < -0.39 is 124 Å². The highest BCUT2D eigenvalue weighted by Crippen LogP contribution is 2.38. The molecular weight excluding hydrogens is 1030 g/mol. The summed E-state index contributed by atoms with van der Waals surface area (Å²) in [6.07, 6.45) is 6.24. The SMILES string of the molecule is CO[C@H]1C[C@@H]2CC[C@@H](C)[C@@](O)(O2)C(=O)C(=O)N2CCCC[C@H]2C(=O)O[C@H]([C@H](C)C[C@@H]2CC[C@@H](OC(=O)NS(=O)(=O)N[C@H]3COC[C@@H]3O)[C@H](OC)C2)CC(=O)[C@H](C)/C=C(\C)[C@@H](O)[C@@H](OC)C(=O)[C@H](C)C[C@H](C)/C=C/C=C/C=C/1C. The zero-order valence-electron chi connectivity index (χ0n) is 47.1. The lowest BCUT2D eigenvalue weighted by Crippen LogP contribution is -2.61. The highest BCUT2D eigenvalue weighted by atomic mass is 32.2. The minimum absolute atomic E-state index is 0.0186. The van der Waals surface area contributed by atoms with Crippen molar-refractivity contribution in [2.75, 3.05) is 41.1 Å². The number of piperidine rings is 1. The number of nitrogens with zero attached hydrogens (tertiary/aromatic N) is 1. The topological polar surface area (TPSA) is 289 Å². The Hall–Kier alpha value is -4.23. The van der Waals surface area contributed by atoms with Gasteiger partial charge in [-0.3, -0.25) is 19.2 Å². The minimum atomic E-state index is -4.43. The van der Waals surface area contributed by atoms with Gasteiger partial charge in [0.1, 0.15) is 36.2 Å². The largest absolute Gasteiger partial charge is 0.460 e. The first kappa shape index (κ1) is 64.6. The molecule has 5 N–H and O–H groups in total. The molecule has 0 aromatic heterocycles. The summed E-state index contributed by atoms with van der Waals surface area (Å²) in [6.45, 7) is 12.2. The summed E-state index contributed by atoms with van der Waals surface area (Å²) in [5.74, 6) is -9.03. The first-order valence-corrected chi connectivity index (χ1v) is 29.1. The standard InChI is InChI=1S/C56H87N3O18S/c1-32-16-12-11-13-17-33(2)46(71-8)28-40-21-19-38(7)56(68,77-40)52(64)53(65)59-23-15-14-18-42(59)54(66)75-47(29-43(60)34(3)25-37(6)50(63)51(73-10)49(62)36(5)24-32)35(4)26-39-20-22-45(48(27-39)72-9)76-55(67)58-78(69,70)57-41-30-74-31-44(41)61/h11-13,16-17,25,32,34-36,38-42,44-48,50-51,57,61,63,68H,14-15,18-24,26-31H2,1-10H3,(H,58,67)/b13-11+,16-12+,33-17+,37-25+/t32-,34-,35-,36-,38-,39+,40+,41+,42+,44+,45-,46+,47+,48-,50-,51+,56-/m1/s1. The average molecular weight is 1120 g/mol. The number of carbonyl (C=O) groups excluding carboxylic acids is 6. The van der Waals surface area contributed by atoms with Crippen molar-refractivity contribution in [2.45, 2.75) is 192 Å². The Morgan fingerprint density at radius 1 is 0.872 bits per heavy atom. The normalized spacial score (nSPS) is 38.7. The number of aliphatic hydroxyl groups excluding tert-OH is 2. The van der Waals surface area contributed by atoms with Crippen molar-refractivity contribution in [3.8, 4) is 0 Å². The van der Waals surface area contributed by atoms with E-state index in [1.807, 2.05) is 55.9 Å². The van der Waals surface area contributed by atoms with Gasteiger partial charge >= 0.3 is 22.3 Å². The van der Waals surface area contributed by atoms with E-state index in [9.17, 15) is 52.5 Å². The quantitative estimate of drug-likeness (QED) is 0.114. The Morgan fingerprint density at radius 3 is 2.27 bits per heavy atom. The number of methoxy groups -OCH3 is 3. The highest BCUT2D eigenvalue weighted by molar-refractivity contribution is 7.88. The number of esters is 1. The van der Waals surface area contributed by atoms with Gasteiger partial charge in [-0.15, -0.1) is 0 Å². The summed E-state index contributed by atoms with van der Waals surface area (Å²) < 4.78 is 69.5. The van der Waals surface area contributed by atoms with Gasteiger partial charge in [0.15, 0.2) is 5.78 Å². The number of allylic oxidation sites excluding steroid dienone is 6. The zero-order chi connectivity index (χ0) is 57.6. The van der Waals surface area contributed by atoms with Crippen LogP contribution in [-0.2, 0) is 67.3 Å².